The van der Waals surface area contributed by atoms with Crippen molar-refractivity contribution in [3.05, 3.63) is 53.3 Å². The summed E-state index contributed by atoms with van der Waals surface area (Å²) in [7, 11) is 0. The molecule has 0 spiro atoms. The lowest BCUT2D eigenvalue weighted by Crippen LogP contribution is -2.14. The van der Waals surface area contributed by atoms with Crippen LogP contribution in [0.4, 0.5) is 0 Å². The fraction of sp³-hybridized carbons (Fsp3) is 0.438. The molecule has 0 unspecified atom stereocenters. The van der Waals surface area contributed by atoms with Crippen LogP contribution in [0.3, 0.4) is 0 Å². The van der Waals surface area contributed by atoms with Crippen LogP contribution in [0.1, 0.15) is 30.0 Å². The van der Waals surface area contributed by atoms with E-state index in [9.17, 15) is 0 Å². The largest absolute Gasteiger partial charge is 0.317 e. The van der Waals surface area contributed by atoms with E-state index < -0.39 is 0 Å². The highest BCUT2D eigenvalue weighted by atomic mass is 15.3. The van der Waals surface area contributed by atoms with Gasteiger partial charge in [-0.1, -0.05) is 36.8 Å². The molecule has 19 heavy (non-hydrogen) atoms. The van der Waals surface area contributed by atoms with Crippen molar-refractivity contribution in [2.75, 3.05) is 13.1 Å². The molecule has 0 aliphatic heterocycles. The molecule has 1 aromatic carbocycles. The van der Waals surface area contributed by atoms with Gasteiger partial charge in [0.05, 0.1) is 12.7 Å². The molecular weight excluding hydrogens is 234 g/mol. The fourth-order valence-corrected chi connectivity index (χ4v) is 2.10. The molecule has 2 rings (SSSR count). The lowest BCUT2D eigenvalue weighted by atomic mass is 10.1. The lowest BCUT2D eigenvalue weighted by Gasteiger charge is -2.02. The van der Waals surface area contributed by atoms with Crippen molar-refractivity contribution in [2.45, 2.75) is 33.2 Å². The Labute approximate surface area is 115 Å². The molecule has 2 aromatic rings. The SMILES string of the molecule is CCNCCCc1cnn(Cc2ccc(C)cc2)c1. The molecule has 3 heteroatoms. The second-order valence-corrected chi connectivity index (χ2v) is 4.99. The minimum Gasteiger partial charge on any atom is -0.317 e. The third kappa shape index (κ3) is 4.52. The maximum atomic E-state index is 4.43. The summed E-state index contributed by atoms with van der Waals surface area (Å²) in [5.41, 5.74) is 3.92. The summed E-state index contributed by atoms with van der Waals surface area (Å²) >= 11 is 0. The van der Waals surface area contributed by atoms with Gasteiger partial charge in [-0.25, -0.2) is 0 Å². The van der Waals surface area contributed by atoms with E-state index in [1.807, 2.05) is 10.9 Å². The summed E-state index contributed by atoms with van der Waals surface area (Å²) < 4.78 is 2.02. The summed E-state index contributed by atoms with van der Waals surface area (Å²) in [6.45, 7) is 7.24. The molecule has 0 bridgehead atoms. The van der Waals surface area contributed by atoms with E-state index in [4.69, 9.17) is 0 Å². The van der Waals surface area contributed by atoms with E-state index in [1.165, 1.54) is 23.1 Å². The van der Waals surface area contributed by atoms with Gasteiger partial charge in [-0.05, 0) is 44.0 Å². The topological polar surface area (TPSA) is 29.9 Å². The van der Waals surface area contributed by atoms with Crippen molar-refractivity contribution in [1.82, 2.24) is 15.1 Å². The van der Waals surface area contributed by atoms with Gasteiger partial charge in [-0.15, -0.1) is 0 Å². The normalized spacial score (nSPS) is 10.8. The van der Waals surface area contributed by atoms with E-state index in [1.54, 1.807) is 0 Å². The zero-order valence-electron chi connectivity index (χ0n) is 11.9. The number of hydrogen-bond acceptors (Lipinski definition) is 2. The van der Waals surface area contributed by atoms with Crippen molar-refractivity contribution < 1.29 is 0 Å². The highest BCUT2D eigenvalue weighted by molar-refractivity contribution is 5.21. The number of nitrogens with one attached hydrogen (secondary N) is 1. The monoisotopic (exact) mass is 257 g/mol. The van der Waals surface area contributed by atoms with Crippen LogP contribution >= 0.6 is 0 Å². The van der Waals surface area contributed by atoms with E-state index in [0.29, 0.717) is 0 Å². The summed E-state index contributed by atoms with van der Waals surface area (Å²) in [6.07, 6.45) is 6.41. The highest BCUT2D eigenvalue weighted by Gasteiger charge is 2.00. The predicted octanol–water partition coefficient (Wildman–Crippen LogP) is 2.78. The van der Waals surface area contributed by atoms with Crippen LogP contribution in [0.15, 0.2) is 36.7 Å². The number of aromatic nitrogens is 2. The van der Waals surface area contributed by atoms with Gasteiger partial charge in [0, 0.05) is 6.20 Å². The molecule has 1 aromatic heterocycles. The Morgan fingerprint density at radius 3 is 2.68 bits per heavy atom. The Morgan fingerprint density at radius 1 is 1.16 bits per heavy atom. The average Bonchev–Trinajstić information content (AvgIpc) is 2.85. The molecule has 0 radical (unpaired) electrons. The first-order chi connectivity index (χ1) is 9.28. The minimum absolute atomic E-state index is 0.855. The van der Waals surface area contributed by atoms with E-state index in [-0.39, 0.29) is 0 Å². The Balaban J connectivity index is 1.85. The molecule has 0 atom stereocenters. The van der Waals surface area contributed by atoms with E-state index in [0.717, 1.165) is 26.1 Å². The number of hydrogen-bond donors (Lipinski definition) is 1. The molecule has 1 N–H and O–H groups in total. The average molecular weight is 257 g/mol. The first kappa shape index (κ1) is 13.8. The van der Waals surface area contributed by atoms with Crippen molar-refractivity contribution in [3.8, 4) is 0 Å². The molecule has 1 heterocycles. The molecule has 0 saturated heterocycles. The third-order valence-electron chi connectivity index (χ3n) is 3.22. The van der Waals surface area contributed by atoms with Crippen LogP contribution < -0.4 is 5.32 Å². The molecule has 3 nitrogen and oxygen atoms in total. The molecule has 0 aliphatic rings. The van der Waals surface area contributed by atoms with E-state index >= 15 is 0 Å². The van der Waals surface area contributed by atoms with Crippen molar-refractivity contribution in [1.29, 1.82) is 0 Å². The standard InChI is InChI=1S/C16H23N3/c1-3-17-10-4-5-16-11-18-19(13-16)12-15-8-6-14(2)7-9-15/h6-9,11,13,17H,3-5,10,12H2,1-2H3. The summed E-state index contributed by atoms with van der Waals surface area (Å²) in [5.74, 6) is 0. The first-order valence-electron chi connectivity index (χ1n) is 7.05. The Kier molecular flexibility index (Phi) is 5.16. The molecule has 102 valence electrons. The van der Waals surface area contributed by atoms with Crippen LogP contribution in [-0.4, -0.2) is 22.9 Å². The van der Waals surface area contributed by atoms with Gasteiger partial charge in [0.2, 0.25) is 0 Å². The van der Waals surface area contributed by atoms with Crippen molar-refractivity contribution >= 4 is 0 Å². The molecular formula is C16H23N3. The van der Waals surface area contributed by atoms with Gasteiger partial charge >= 0.3 is 0 Å². The zero-order chi connectivity index (χ0) is 13.5. The summed E-state index contributed by atoms with van der Waals surface area (Å²) in [6, 6.07) is 8.63. The molecule has 0 amide bonds. The summed E-state index contributed by atoms with van der Waals surface area (Å²) in [4.78, 5) is 0. The second-order valence-electron chi connectivity index (χ2n) is 4.99. The lowest BCUT2D eigenvalue weighted by molar-refractivity contribution is 0.669. The van der Waals surface area contributed by atoms with Gasteiger partial charge in [-0.3, -0.25) is 4.68 Å². The second kappa shape index (κ2) is 7.10. The molecule has 0 aliphatic carbocycles. The fourth-order valence-electron chi connectivity index (χ4n) is 2.10. The number of aryl methyl sites for hydroxylation is 2. The van der Waals surface area contributed by atoms with Gasteiger partial charge < -0.3 is 5.32 Å². The van der Waals surface area contributed by atoms with Crippen LogP contribution in [0.2, 0.25) is 0 Å². The highest BCUT2D eigenvalue weighted by Crippen LogP contribution is 2.07. The Bertz CT molecular complexity index is 485. The maximum absolute atomic E-state index is 4.43. The van der Waals surface area contributed by atoms with Crippen LogP contribution in [-0.2, 0) is 13.0 Å². The van der Waals surface area contributed by atoms with E-state index in [2.05, 4.69) is 54.7 Å². The maximum Gasteiger partial charge on any atom is 0.0659 e. The molecule has 0 saturated carbocycles. The number of nitrogens with zero attached hydrogens (tertiary/aromatic N) is 2. The quantitative estimate of drug-likeness (QED) is 0.773. The summed E-state index contributed by atoms with van der Waals surface area (Å²) in [5, 5.41) is 7.77. The van der Waals surface area contributed by atoms with Crippen molar-refractivity contribution in [3.63, 3.8) is 0 Å². The predicted molar refractivity (Wildman–Crippen MR) is 79.4 cm³/mol. The van der Waals surface area contributed by atoms with Crippen LogP contribution in [0.5, 0.6) is 0 Å². The van der Waals surface area contributed by atoms with Gasteiger partial charge in [-0.2, -0.15) is 5.10 Å². The smallest absolute Gasteiger partial charge is 0.0659 e. The first-order valence-corrected chi connectivity index (χ1v) is 7.05. The van der Waals surface area contributed by atoms with Crippen LogP contribution in [0.25, 0.3) is 0 Å². The third-order valence-corrected chi connectivity index (χ3v) is 3.22. The van der Waals surface area contributed by atoms with Crippen LogP contribution in [0, 0.1) is 6.92 Å². The van der Waals surface area contributed by atoms with Crippen molar-refractivity contribution in [2.24, 2.45) is 0 Å². The van der Waals surface area contributed by atoms with Gasteiger partial charge in [0.1, 0.15) is 0 Å². The number of rotatable bonds is 7. The Hall–Kier alpha value is -1.61. The molecule has 0 fully saturated rings. The van der Waals surface area contributed by atoms with Gasteiger partial charge in [0.25, 0.3) is 0 Å². The minimum atomic E-state index is 0.855. The number of benzene rings is 1. The van der Waals surface area contributed by atoms with Gasteiger partial charge in [0.15, 0.2) is 0 Å². The Morgan fingerprint density at radius 2 is 1.95 bits per heavy atom. The zero-order valence-corrected chi connectivity index (χ0v) is 11.9.